The maximum Gasteiger partial charge on any atom is 0.216 e. The van der Waals surface area contributed by atoms with Crippen LogP contribution in [0.2, 0.25) is 0 Å². The molecule has 0 radical (unpaired) electrons. The fourth-order valence-electron chi connectivity index (χ4n) is 2.66. The van der Waals surface area contributed by atoms with E-state index in [1.54, 1.807) is 0 Å². The number of nitrogens with one attached hydrogen (secondary N) is 1. The summed E-state index contributed by atoms with van der Waals surface area (Å²) in [5.41, 5.74) is 1.26. The molecular weight excluding hydrogens is 286 g/mol. The third-order valence-corrected chi connectivity index (χ3v) is 3.77. The van der Waals surface area contributed by atoms with Crippen LogP contribution < -0.4 is 5.32 Å². The van der Waals surface area contributed by atoms with Crippen molar-refractivity contribution in [2.45, 2.75) is 64.9 Å². The molecule has 3 heteroatoms. The summed E-state index contributed by atoms with van der Waals surface area (Å²) >= 11 is 0. The van der Waals surface area contributed by atoms with Gasteiger partial charge in [0.2, 0.25) is 5.91 Å². The average molecular weight is 315 g/mol. The zero-order valence-corrected chi connectivity index (χ0v) is 14.6. The van der Waals surface area contributed by atoms with Crippen LogP contribution in [0.25, 0.3) is 0 Å². The van der Waals surface area contributed by atoms with Crippen LogP contribution in [0.4, 0.5) is 0 Å². The minimum Gasteiger partial charge on any atom is -0.378 e. The number of amides is 1. The third-order valence-electron chi connectivity index (χ3n) is 3.77. The van der Waals surface area contributed by atoms with Crippen LogP contribution in [-0.2, 0) is 11.2 Å². The monoisotopic (exact) mass is 315 g/mol. The summed E-state index contributed by atoms with van der Waals surface area (Å²) in [6, 6.07) is 8.04. The summed E-state index contributed by atoms with van der Waals surface area (Å²) in [7, 11) is 0. The summed E-state index contributed by atoms with van der Waals surface area (Å²) in [4.78, 5) is 10.9. The maximum atomic E-state index is 10.9. The van der Waals surface area contributed by atoms with Gasteiger partial charge in [0.1, 0.15) is 5.60 Å². The fourth-order valence-corrected chi connectivity index (χ4v) is 2.66. The van der Waals surface area contributed by atoms with Gasteiger partial charge >= 0.3 is 0 Å². The Balaban J connectivity index is 2.80. The minimum absolute atomic E-state index is 0.00210. The van der Waals surface area contributed by atoms with Crippen molar-refractivity contribution < 1.29 is 9.90 Å². The number of carbonyl (C=O) groups excluding carboxylic acids is 1. The zero-order valence-electron chi connectivity index (χ0n) is 14.6. The highest BCUT2D eigenvalue weighted by Crippen LogP contribution is 2.19. The van der Waals surface area contributed by atoms with E-state index in [1.165, 1.54) is 12.5 Å². The Morgan fingerprint density at radius 2 is 1.87 bits per heavy atom. The van der Waals surface area contributed by atoms with Crippen LogP contribution in [-0.4, -0.2) is 23.2 Å². The highest BCUT2D eigenvalue weighted by molar-refractivity contribution is 5.72. The van der Waals surface area contributed by atoms with E-state index in [9.17, 15) is 9.90 Å². The number of benzene rings is 1. The van der Waals surface area contributed by atoms with Crippen molar-refractivity contribution in [3.05, 3.63) is 35.4 Å². The topological polar surface area (TPSA) is 49.3 Å². The molecule has 0 atom stereocenters. The molecule has 23 heavy (non-hydrogen) atoms. The second kappa shape index (κ2) is 10.1. The Morgan fingerprint density at radius 1 is 1.22 bits per heavy atom. The van der Waals surface area contributed by atoms with E-state index in [2.05, 4.69) is 37.1 Å². The average Bonchev–Trinajstić information content (AvgIpc) is 2.51. The van der Waals surface area contributed by atoms with Gasteiger partial charge in [-0.3, -0.25) is 4.79 Å². The molecule has 0 aromatic heterocycles. The Labute approximate surface area is 140 Å². The standard InChI is InChI=1S/C20H29NO2/c1-4-13-20(23,14-5-2)15-12-19-10-7-6-9-18(19)11-8-16-21-17(3)22/h6-7,9-10,23H,4-5,8,11,13-14,16H2,1-3H3,(H,21,22). The number of hydrogen-bond acceptors (Lipinski definition) is 2. The number of rotatable bonds is 8. The predicted molar refractivity (Wildman–Crippen MR) is 95.1 cm³/mol. The Bertz CT molecular complexity index is 548. The lowest BCUT2D eigenvalue weighted by molar-refractivity contribution is -0.118. The van der Waals surface area contributed by atoms with Crippen molar-refractivity contribution in [3.63, 3.8) is 0 Å². The number of hydrogen-bond donors (Lipinski definition) is 2. The second-order valence-corrected chi connectivity index (χ2v) is 6.03. The van der Waals surface area contributed by atoms with Gasteiger partial charge in [0.25, 0.3) is 0 Å². The Kier molecular flexibility index (Phi) is 8.43. The number of carbonyl (C=O) groups is 1. The summed E-state index contributed by atoms with van der Waals surface area (Å²) in [6.45, 7) is 6.34. The SMILES string of the molecule is CCCC(O)(C#Cc1ccccc1CCCNC(C)=O)CCC. The first-order valence-corrected chi connectivity index (χ1v) is 8.58. The molecule has 0 aliphatic carbocycles. The van der Waals surface area contributed by atoms with Crippen LogP contribution in [0.1, 0.15) is 64.0 Å². The minimum atomic E-state index is -0.882. The molecule has 0 aliphatic rings. The van der Waals surface area contributed by atoms with Gasteiger partial charge in [0.15, 0.2) is 0 Å². The molecule has 2 N–H and O–H groups in total. The van der Waals surface area contributed by atoms with Gasteiger partial charge in [0, 0.05) is 19.0 Å². The van der Waals surface area contributed by atoms with Crippen molar-refractivity contribution in [1.29, 1.82) is 0 Å². The smallest absolute Gasteiger partial charge is 0.216 e. The van der Waals surface area contributed by atoms with Crippen molar-refractivity contribution in [3.8, 4) is 11.8 Å². The molecule has 0 fully saturated rings. The van der Waals surface area contributed by atoms with E-state index in [4.69, 9.17) is 0 Å². The molecule has 3 nitrogen and oxygen atoms in total. The molecule has 0 aliphatic heterocycles. The van der Waals surface area contributed by atoms with Crippen LogP contribution in [0.3, 0.4) is 0 Å². The van der Waals surface area contributed by atoms with Crippen LogP contribution in [0, 0.1) is 11.8 Å². The summed E-state index contributed by atoms with van der Waals surface area (Å²) in [5, 5.41) is 13.4. The quantitative estimate of drug-likeness (QED) is 0.570. The highest BCUT2D eigenvalue weighted by atomic mass is 16.3. The lowest BCUT2D eigenvalue weighted by Gasteiger charge is -2.20. The zero-order chi connectivity index (χ0) is 17.1. The van der Waals surface area contributed by atoms with Gasteiger partial charge in [-0.25, -0.2) is 0 Å². The molecule has 0 saturated heterocycles. The number of aliphatic hydroxyl groups is 1. The van der Waals surface area contributed by atoms with Crippen LogP contribution in [0.15, 0.2) is 24.3 Å². The van der Waals surface area contributed by atoms with Gasteiger partial charge < -0.3 is 10.4 Å². The first kappa shape index (κ1) is 19.3. The Morgan fingerprint density at radius 3 is 2.48 bits per heavy atom. The van der Waals surface area contributed by atoms with E-state index in [0.29, 0.717) is 19.4 Å². The van der Waals surface area contributed by atoms with Gasteiger partial charge in [-0.15, -0.1) is 0 Å². The van der Waals surface area contributed by atoms with Crippen molar-refractivity contribution in [2.75, 3.05) is 6.54 Å². The van der Waals surface area contributed by atoms with Crippen molar-refractivity contribution in [2.24, 2.45) is 0 Å². The molecule has 0 bridgehead atoms. The molecule has 1 rings (SSSR count). The van der Waals surface area contributed by atoms with Crippen LogP contribution in [0.5, 0.6) is 0 Å². The van der Waals surface area contributed by atoms with E-state index in [0.717, 1.165) is 31.2 Å². The lowest BCUT2D eigenvalue weighted by atomic mass is 9.92. The second-order valence-electron chi connectivity index (χ2n) is 6.03. The molecule has 1 aromatic rings. The van der Waals surface area contributed by atoms with Gasteiger partial charge in [0.05, 0.1) is 0 Å². The molecule has 0 heterocycles. The molecule has 1 amide bonds. The van der Waals surface area contributed by atoms with E-state index in [-0.39, 0.29) is 5.91 Å². The largest absolute Gasteiger partial charge is 0.378 e. The molecule has 126 valence electrons. The molecule has 1 aromatic carbocycles. The summed E-state index contributed by atoms with van der Waals surface area (Å²) < 4.78 is 0. The Hall–Kier alpha value is -1.79. The van der Waals surface area contributed by atoms with Crippen LogP contribution >= 0.6 is 0 Å². The third kappa shape index (κ3) is 7.34. The number of aryl methyl sites for hydroxylation is 1. The first-order valence-electron chi connectivity index (χ1n) is 8.58. The van der Waals surface area contributed by atoms with E-state index in [1.807, 2.05) is 18.2 Å². The first-order chi connectivity index (χ1) is 11.0. The highest BCUT2D eigenvalue weighted by Gasteiger charge is 2.21. The lowest BCUT2D eigenvalue weighted by Crippen LogP contribution is -2.25. The molecule has 0 unspecified atom stereocenters. The summed E-state index contributed by atoms with van der Waals surface area (Å²) in [6.07, 6.45) is 5.00. The van der Waals surface area contributed by atoms with Gasteiger partial charge in [-0.1, -0.05) is 56.7 Å². The van der Waals surface area contributed by atoms with E-state index < -0.39 is 5.60 Å². The van der Waals surface area contributed by atoms with E-state index >= 15 is 0 Å². The molecule has 0 saturated carbocycles. The van der Waals surface area contributed by atoms with Crippen molar-refractivity contribution in [1.82, 2.24) is 5.32 Å². The fraction of sp³-hybridized carbons (Fsp3) is 0.550. The predicted octanol–water partition coefficient (Wildman–Crippen LogP) is 3.44. The van der Waals surface area contributed by atoms with Gasteiger partial charge in [-0.2, -0.15) is 0 Å². The van der Waals surface area contributed by atoms with Crippen molar-refractivity contribution >= 4 is 5.91 Å². The van der Waals surface area contributed by atoms with Gasteiger partial charge in [-0.05, 0) is 37.3 Å². The maximum absolute atomic E-state index is 10.9. The molecule has 0 spiro atoms. The normalized spacial score (nSPS) is 10.8. The molecular formula is C20H29NO2. The summed E-state index contributed by atoms with van der Waals surface area (Å²) in [5.74, 6) is 6.29.